The summed E-state index contributed by atoms with van der Waals surface area (Å²) in [6.07, 6.45) is 4.30. The van der Waals surface area contributed by atoms with Crippen molar-refractivity contribution in [2.75, 3.05) is 6.26 Å². The zero-order valence-electron chi connectivity index (χ0n) is 12.3. The van der Waals surface area contributed by atoms with Gasteiger partial charge in [0.05, 0.1) is 11.8 Å². The molecule has 0 aliphatic heterocycles. The molecule has 0 atom stereocenters. The SMILES string of the molecule is CSc1cc(S(F)(F)(F)(F)F)ccc1C(=O)c1cnoc1C1CC1. The Labute approximate surface area is 138 Å². The summed E-state index contributed by atoms with van der Waals surface area (Å²) in [7, 11) is -9.79. The van der Waals surface area contributed by atoms with Gasteiger partial charge in [-0.25, -0.2) is 0 Å². The number of nitrogens with zero attached hydrogens (tertiary/aromatic N) is 1. The second-order valence-electron chi connectivity index (χ2n) is 5.54. The van der Waals surface area contributed by atoms with Crippen molar-refractivity contribution >= 4 is 27.8 Å². The zero-order valence-corrected chi connectivity index (χ0v) is 13.9. The summed E-state index contributed by atoms with van der Waals surface area (Å²) in [6.45, 7) is 0. The standard InChI is InChI=1S/C14H12F5NO2S2/c1-23-12-6-9(24(15,16,17,18)19)4-5-10(12)13(21)11-7-20-22-14(11)8-2-3-8/h4-8H,2-3H2,1H3. The van der Waals surface area contributed by atoms with Crippen LogP contribution in [0.25, 0.3) is 0 Å². The summed E-state index contributed by atoms with van der Waals surface area (Å²) < 4.78 is 69.7. The fraction of sp³-hybridized carbons (Fsp3) is 0.286. The highest BCUT2D eigenvalue weighted by Crippen LogP contribution is 3.02. The van der Waals surface area contributed by atoms with Gasteiger partial charge in [-0.2, -0.15) is 0 Å². The Bertz CT molecular complexity index is 828. The molecule has 132 valence electrons. The smallest absolute Gasteiger partial charge is 0.310 e. The number of hydrogen-bond acceptors (Lipinski definition) is 4. The van der Waals surface area contributed by atoms with Crippen LogP contribution in [0.3, 0.4) is 0 Å². The van der Waals surface area contributed by atoms with Crippen LogP contribution in [0.4, 0.5) is 19.4 Å². The van der Waals surface area contributed by atoms with E-state index in [2.05, 4.69) is 5.16 Å². The van der Waals surface area contributed by atoms with Crippen LogP contribution >= 0.6 is 22.0 Å². The first kappa shape index (κ1) is 17.3. The van der Waals surface area contributed by atoms with E-state index in [0.717, 1.165) is 30.7 Å². The molecule has 0 N–H and O–H groups in total. The van der Waals surface area contributed by atoms with Gasteiger partial charge in [0.2, 0.25) is 0 Å². The quantitative estimate of drug-likeness (QED) is 0.351. The second-order valence-corrected chi connectivity index (χ2v) is 8.80. The van der Waals surface area contributed by atoms with E-state index in [1.807, 2.05) is 0 Å². The highest BCUT2D eigenvalue weighted by atomic mass is 32.5. The van der Waals surface area contributed by atoms with Crippen LogP contribution < -0.4 is 0 Å². The third-order valence-corrected chi connectivity index (χ3v) is 5.58. The molecule has 1 saturated carbocycles. The van der Waals surface area contributed by atoms with Crippen molar-refractivity contribution in [2.24, 2.45) is 0 Å². The molecule has 3 nitrogen and oxygen atoms in total. The lowest BCUT2D eigenvalue weighted by molar-refractivity contribution is 0.103. The van der Waals surface area contributed by atoms with E-state index in [4.69, 9.17) is 4.52 Å². The predicted octanol–water partition coefficient (Wildman–Crippen LogP) is 6.16. The van der Waals surface area contributed by atoms with E-state index in [1.165, 1.54) is 12.5 Å². The summed E-state index contributed by atoms with van der Waals surface area (Å²) in [5.74, 6) is -0.117. The third-order valence-electron chi connectivity index (χ3n) is 3.65. The molecule has 1 aromatic heterocycles. The summed E-state index contributed by atoms with van der Waals surface area (Å²) in [4.78, 5) is 10.4. The Morgan fingerprint density at radius 2 is 1.88 bits per heavy atom. The molecule has 1 aliphatic carbocycles. The number of carbonyl (C=O) groups excluding carboxylic acids is 1. The van der Waals surface area contributed by atoms with Crippen molar-refractivity contribution in [1.82, 2.24) is 5.16 Å². The molecule has 3 rings (SSSR count). The van der Waals surface area contributed by atoms with Gasteiger partial charge < -0.3 is 4.52 Å². The minimum absolute atomic E-state index is 0.0770. The van der Waals surface area contributed by atoms with Gasteiger partial charge in [-0.3, -0.25) is 4.79 Å². The number of hydrogen-bond donors (Lipinski definition) is 0. The minimum atomic E-state index is -9.79. The monoisotopic (exact) mass is 385 g/mol. The van der Waals surface area contributed by atoms with E-state index >= 15 is 0 Å². The minimum Gasteiger partial charge on any atom is -0.360 e. The van der Waals surface area contributed by atoms with E-state index in [0.29, 0.717) is 11.8 Å². The molecule has 0 spiro atoms. The lowest BCUT2D eigenvalue weighted by Gasteiger charge is -2.40. The Kier molecular flexibility index (Phi) is 3.42. The van der Waals surface area contributed by atoms with E-state index in [9.17, 15) is 24.2 Å². The van der Waals surface area contributed by atoms with Gasteiger partial charge >= 0.3 is 10.2 Å². The Hall–Kier alpha value is -1.55. The maximum absolute atomic E-state index is 12.9. The molecule has 1 aliphatic rings. The first-order valence-electron chi connectivity index (χ1n) is 6.82. The van der Waals surface area contributed by atoms with Crippen molar-refractivity contribution in [3.63, 3.8) is 0 Å². The molecule has 1 fully saturated rings. The predicted molar refractivity (Wildman–Crippen MR) is 81.5 cm³/mol. The fourth-order valence-corrected chi connectivity index (χ4v) is 3.67. The number of carbonyl (C=O) groups is 1. The number of benzene rings is 1. The van der Waals surface area contributed by atoms with Gasteiger partial charge in [0.15, 0.2) is 11.5 Å². The van der Waals surface area contributed by atoms with Crippen molar-refractivity contribution in [2.45, 2.75) is 28.6 Å². The molecule has 1 aromatic carbocycles. The van der Waals surface area contributed by atoms with Crippen LogP contribution in [0.15, 0.2) is 38.7 Å². The Morgan fingerprint density at radius 1 is 1.21 bits per heavy atom. The average molecular weight is 385 g/mol. The molecule has 0 bridgehead atoms. The molecular weight excluding hydrogens is 373 g/mol. The van der Waals surface area contributed by atoms with Crippen molar-refractivity contribution in [3.05, 3.63) is 41.3 Å². The van der Waals surface area contributed by atoms with E-state index in [1.54, 1.807) is 0 Å². The van der Waals surface area contributed by atoms with E-state index in [-0.39, 0.29) is 28.0 Å². The van der Waals surface area contributed by atoms with Crippen LogP contribution in [-0.4, -0.2) is 17.2 Å². The first-order valence-corrected chi connectivity index (χ1v) is 9.99. The molecule has 0 radical (unpaired) electrons. The van der Waals surface area contributed by atoms with Gasteiger partial charge in [-0.1, -0.05) is 24.6 Å². The van der Waals surface area contributed by atoms with Crippen LogP contribution in [0, 0.1) is 0 Å². The topological polar surface area (TPSA) is 43.1 Å². The lowest BCUT2D eigenvalue weighted by atomic mass is 10.0. The largest absolute Gasteiger partial charge is 0.360 e. The maximum Gasteiger partial charge on any atom is 0.310 e. The van der Waals surface area contributed by atoms with Gasteiger partial charge in [0.1, 0.15) is 4.90 Å². The fourth-order valence-electron chi connectivity index (χ4n) is 2.30. The Morgan fingerprint density at radius 3 is 2.42 bits per heavy atom. The molecule has 1 heterocycles. The summed E-state index contributed by atoms with van der Waals surface area (Å²) >= 11 is 0.792. The lowest BCUT2D eigenvalue weighted by Crippen LogP contribution is -2.09. The number of ketones is 1. The maximum atomic E-state index is 12.9. The van der Waals surface area contributed by atoms with Crippen molar-refractivity contribution in [3.8, 4) is 0 Å². The van der Waals surface area contributed by atoms with Crippen molar-refractivity contribution < 1.29 is 28.7 Å². The van der Waals surface area contributed by atoms with E-state index < -0.39 is 20.9 Å². The number of halogens is 5. The molecule has 0 saturated heterocycles. The highest BCUT2D eigenvalue weighted by molar-refractivity contribution is 8.45. The normalized spacial score (nSPS) is 18.1. The van der Waals surface area contributed by atoms with Crippen LogP contribution in [0.2, 0.25) is 0 Å². The molecule has 2 aromatic rings. The van der Waals surface area contributed by atoms with Gasteiger partial charge in [-0.15, -0.1) is 11.8 Å². The summed E-state index contributed by atoms with van der Waals surface area (Å²) in [5, 5.41) is 3.57. The van der Waals surface area contributed by atoms with Crippen LogP contribution in [-0.2, 0) is 0 Å². The van der Waals surface area contributed by atoms with Crippen LogP contribution in [0.1, 0.15) is 40.4 Å². The van der Waals surface area contributed by atoms with Gasteiger partial charge in [-0.05, 0) is 37.3 Å². The molecule has 10 heteroatoms. The molecule has 24 heavy (non-hydrogen) atoms. The van der Waals surface area contributed by atoms with Crippen molar-refractivity contribution in [1.29, 1.82) is 0 Å². The molecular formula is C14H12F5NO2S2. The summed E-state index contributed by atoms with van der Waals surface area (Å²) in [5.41, 5.74) is 0.0751. The van der Waals surface area contributed by atoms with Gasteiger partial charge in [0, 0.05) is 16.4 Å². The highest BCUT2D eigenvalue weighted by Gasteiger charge is 2.65. The first-order chi connectivity index (χ1) is 10.9. The second kappa shape index (κ2) is 4.75. The number of thioether (sulfide) groups is 1. The van der Waals surface area contributed by atoms with Gasteiger partial charge in [0.25, 0.3) is 0 Å². The molecule has 0 amide bonds. The average Bonchev–Trinajstić information content (AvgIpc) is 3.20. The zero-order chi connectivity index (χ0) is 17.8. The Balaban J connectivity index is 2.06. The summed E-state index contributed by atoms with van der Waals surface area (Å²) in [6, 6.07) is 1.35. The number of aromatic nitrogens is 1. The van der Waals surface area contributed by atoms with Crippen LogP contribution in [0.5, 0.6) is 0 Å². The molecule has 0 unspecified atom stereocenters. The number of rotatable bonds is 5. The third kappa shape index (κ3) is 3.30.